The number of carbonyl (C=O) groups is 1. The molecule has 7 heteroatoms. The van der Waals surface area contributed by atoms with Crippen LogP contribution in [0.2, 0.25) is 0 Å². The molecule has 0 bridgehead atoms. The van der Waals surface area contributed by atoms with E-state index in [2.05, 4.69) is 20.7 Å². The van der Waals surface area contributed by atoms with Crippen LogP contribution in [0.25, 0.3) is 0 Å². The molecule has 0 heterocycles. The first-order valence-corrected chi connectivity index (χ1v) is 5.23. The molecule has 94 valence electrons. The maximum atomic E-state index is 13.2. The molecule has 0 saturated carbocycles. The van der Waals surface area contributed by atoms with E-state index in [-0.39, 0.29) is 4.47 Å². The number of rotatable bonds is 4. The third-order valence-corrected chi connectivity index (χ3v) is 2.45. The molecule has 1 aromatic carbocycles. The fourth-order valence-electron chi connectivity index (χ4n) is 1.13. The lowest BCUT2D eigenvalue weighted by Crippen LogP contribution is -2.15. The van der Waals surface area contributed by atoms with Gasteiger partial charge >= 0.3 is 5.97 Å². The van der Waals surface area contributed by atoms with Gasteiger partial charge in [-0.15, -0.1) is 0 Å². The average Bonchev–Trinajstić information content (AvgIpc) is 2.17. The molecule has 3 nitrogen and oxygen atoms in total. The molecule has 0 aliphatic carbocycles. The van der Waals surface area contributed by atoms with Crippen LogP contribution in [-0.4, -0.2) is 17.7 Å². The van der Waals surface area contributed by atoms with Crippen molar-refractivity contribution >= 4 is 21.9 Å². The van der Waals surface area contributed by atoms with E-state index in [4.69, 9.17) is 5.11 Å². The lowest BCUT2D eigenvalue weighted by molar-refractivity contribution is -0.139. The molecule has 1 aromatic rings. The highest BCUT2D eigenvalue weighted by atomic mass is 79.9. The number of alkyl halides is 2. The number of halogens is 4. The molecule has 0 fully saturated rings. The number of ether oxygens (including phenoxy) is 1. The molecule has 17 heavy (non-hydrogen) atoms. The van der Waals surface area contributed by atoms with Gasteiger partial charge in [-0.2, -0.15) is 0 Å². The fourth-order valence-corrected chi connectivity index (χ4v) is 1.47. The lowest BCUT2D eigenvalue weighted by atomic mass is 10.1. The Balaban J connectivity index is 3.17. The maximum Gasteiger partial charge on any atom is 0.341 e. The van der Waals surface area contributed by atoms with Crippen LogP contribution in [0.4, 0.5) is 13.2 Å². The van der Waals surface area contributed by atoms with Gasteiger partial charge in [-0.05, 0) is 22.0 Å². The summed E-state index contributed by atoms with van der Waals surface area (Å²) < 4.78 is 44.0. The molecule has 1 rings (SSSR count). The van der Waals surface area contributed by atoms with E-state index in [9.17, 15) is 18.0 Å². The molecule has 0 amide bonds. The first-order chi connectivity index (χ1) is 7.71. The van der Waals surface area contributed by atoms with Crippen LogP contribution >= 0.6 is 15.9 Å². The zero-order valence-electron chi connectivity index (χ0n) is 8.64. The van der Waals surface area contributed by atoms with Crippen LogP contribution in [-0.2, 0) is 10.7 Å². The maximum absolute atomic E-state index is 13.2. The van der Waals surface area contributed by atoms with Gasteiger partial charge < -0.3 is 9.84 Å². The van der Waals surface area contributed by atoms with Crippen LogP contribution in [0.5, 0.6) is 5.75 Å². The molecule has 0 spiro atoms. The number of carboxylic acids is 1. The molecule has 0 aliphatic rings. The predicted molar refractivity (Wildman–Crippen MR) is 56.8 cm³/mol. The topological polar surface area (TPSA) is 46.5 Å². The van der Waals surface area contributed by atoms with Gasteiger partial charge in [0.25, 0.3) is 5.92 Å². The second-order valence-corrected chi connectivity index (χ2v) is 4.19. The molecule has 0 aliphatic heterocycles. The van der Waals surface area contributed by atoms with Gasteiger partial charge in [0.15, 0.2) is 6.61 Å². The van der Waals surface area contributed by atoms with Gasteiger partial charge in [-0.25, -0.2) is 18.0 Å². The zero-order chi connectivity index (χ0) is 13.2. The van der Waals surface area contributed by atoms with Crippen LogP contribution < -0.4 is 4.74 Å². The highest BCUT2D eigenvalue weighted by molar-refractivity contribution is 9.10. The Morgan fingerprint density at radius 3 is 2.59 bits per heavy atom. The largest absolute Gasteiger partial charge is 0.481 e. The summed E-state index contributed by atoms with van der Waals surface area (Å²) in [5, 5.41) is 8.38. The van der Waals surface area contributed by atoms with Crippen molar-refractivity contribution in [3.8, 4) is 5.75 Å². The van der Waals surface area contributed by atoms with Crippen molar-refractivity contribution in [2.45, 2.75) is 12.8 Å². The first kappa shape index (κ1) is 13.8. The molecule has 0 unspecified atom stereocenters. The predicted octanol–water partition coefficient (Wildman–Crippen LogP) is 3.16. The number of hydrogen-bond acceptors (Lipinski definition) is 2. The summed E-state index contributed by atoms with van der Waals surface area (Å²) in [6, 6.07) is 1.59. The number of carboxylic acid groups (broad SMARTS) is 1. The third kappa shape index (κ3) is 3.62. The van der Waals surface area contributed by atoms with Crippen molar-refractivity contribution in [2.24, 2.45) is 0 Å². The monoisotopic (exact) mass is 312 g/mol. The quantitative estimate of drug-likeness (QED) is 0.929. The summed E-state index contributed by atoms with van der Waals surface area (Å²) in [6.07, 6.45) is 0. The molecule has 0 saturated heterocycles. The van der Waals surface area contributed by atoms with E-state index in [1.165, 1.54) is 0 Å². The Bertz CT molecular complexity index is 443. The Labute approximate surface area is 103 Å². The summed E-state index contributed by atoms with van der Waals surface area (Å²) in [5.74, 6) is -5.89. The minimum Gasteiger partial charge on any atom is -0.481 e. The molecule has 0 radical (unpaired) electrons. The number of aliphatic carboxylic acids is 1. The Kier molecular flexibility index (Phi) is 4.03. The van der Waals surface area contributed by atoms with E-state index in [0.717, 1.165) is 12.1 Å². The second-order valence-electron chi connectivity index (χ2n) is 3.33. The standard InChI is InChI=1S/C10H8BrF3O3/c1-10(13,14)5-2-6(11)7(12)3-8(5)17-4-9(15)16/h2-3H,4H2,1H3,(H,15,16). The van der Waals surface area contributed by atoms with E-state index in [0.29, 0.717) is 6.92 Å². The Morgan fingerprint density at radius 2 is 2.12 bits per heavy atom. The van der Waals surface area contributed by atoms with E-state index >= 15 is 0 Å². The second kappa shape index (κ2) is 4.95. The molecule has 1 N–H and O–H groups in total. The van der Waals surface area contributed by atoms with Crippen molar-refractivity contribution in [3.05, 3.63) is 28.0 Å². The van der Waals surface area contributed by atoms with Gasteiger partial charge in [0.1, 0.15) is 11.6 Å². The molecular weight excluding hydrogens is 305 g/mol. The van der Waals surface area contributed by atoms with E-state index in [1.54, 1.807) is 0 Å². The van der Waals surface area contributed by atoms with E-state index < -0.39 is 35.6 Å². The van der Waals surface area contributed by atoms with Crippen LogP contribution in [0, 0.1) is 5.82 Å². The summed E-state index contributed by atoms with van der Waals surface area (Å²) in [4.78, 5) is 10.3. The third-order valence-electron chi connectivity index (χ3n) is 1.85. The van der Waals surface area contributed by atoms with Crippen molar-refractivity contribution in [1.82, 2.24) is 0 Å². The summed E-state index contributed by atoms with van der Waals surface area (Å²) in [5.41, 5.74) is -0.577. The van der Waals surface area contributed by atoms with Gasteiger partial charge in [0.05, 0.1) is 10.0 Å². The normalized spacial score (nSPS) is 11.4. The van der Waals surface area contributed by atoms with Gasteiger partial charge in [-0.3, -0.25) is 0 Å². The summed E-state index contributed by atoms with van der Waals surface area (Å²) in [7, 11) is 0. The lowest BCUT2D eigenvalue weighted by Gasteiger charge is -2.16. The SMILES string of the molecule is CC(F)(F)c1cc(Br)c(F)cc1OCC(=O)O. The molecule has 0 aromatic heterocycles. The Hall–Kier alpha value is -1.24. The van der Waals surface area contributed by atoms with Gasteiger partial charge in [-0.1, -0.05) is 0 Å². The van der Waals surface area contributed by atoms with Crippen molar-refractivity contribution in [3.63, 3.8) is 0 Å². The van der Waals surface area contributed by atoms with Gasteiger partial charge in [0, 0.05) is 13.0 Å². The highest BCUT2D eigenvalue weighted by Crippen LogP contribution is 2.37. The minimum atomic E-state index is -3.26. The van der Waals surface area contributed by atoms with Crippen LogP contribution in [0.1, 0.15) is 12.5 Å². The first-order valence-electron chi connectivity index (χ1n) is 4.43. The highest BCUT2D eigenvalue weighted by Gasteiger charge is 2.30. The minimum absolute atomic E-state index is 0.142. The zero-order valence-corrected chi connectivity index (χ0v) is 10.2. The molecule has 0 atom stereocenters. The van der Waals surface area contributed by atoms with Gasteiger partial charge in [0.2, 0.25) is 0 Å². The van der Waals surface area contributed by atoms with Crippen molar-refractivity contribution in [2.75, 3.05) is 6.61 Å². The fraction of sp³-hybridized carbons (Fsp3) is 0.300. The smallest absolute Gasteiger partial charge is 0.341 e. The van der Waals surface area contributed by atoms with E-state index in [1.807, 2.05) is 0 Å². The Morgan fingerprint density at radius 1 is 1.53 bits per heavy atom. The number of benzene rings is 1. The summed E-state index contributed by atoms with van der Waals surface area (Å²) in [6.45, 7) is -0.204. The average molecular weight is 313 g/mol. The number of hydrogen-bond donors (Lipinski definition) is 1. The van der Waals surface area contributed by atoms with Crippen LogP contribution in [0.15, 0.2) is 16.6 Å². The van der Waals surface area contributed by atoms with Crippen molar-refractivity contribution < 1.29 is 27.8 Å². The summed E-state index contributed by atoms with van der Waals surface area (Å²) >= 11 is 2.77. The van der Waals surface area contributed by atoms with Crippen LogP contribution in [0.3, 0.4) is 0 Å². The molecular formula is C10H8BrF3O3. The van der Waals surface area contributed by atoms with Crippen molar-refractivity contribution in [1.29, 1.82) is 0 Å².